The number of furan rings is 1. The van der Waals surface area contributed by atoms with Gasteiger partial charge in [0.25, 0.3) is 0 Å². The van der Waals surface area contributed by atoms with Gasteiger partial charge in [-0.2, -0.15) is 0 Å². The average Bonchev–Trinajstić information content (AvgIpc) is 2.86. The van der Waals surface area contributed by atoms with Crippen LogP contribution in [0.3, 0.4) is 0 Å². The largest absolute Gasteiger partial charge is 0.462 e. The van der Waals surface area contributed by atoms with Crippen molar-refractivity contribution in [1.82, 2.24) is 5.32 Å². The highest BCUT2D eigenvalue weighted by atomic mass is 16.3. The minimum atomic E-state index is -0.380. The topological polar surface area (TPSA) is 71.3 Å². The molecule has 0 aliphatic heterocycles. The van der Waals surface area contributed by atoms with Gasteiger partial charge >= 0.3 is 0 Å². The van der Waals surface area contributed by atoms with Gasteiger partial charge in [-0.25, -0.2) is 0 Å². The zero-order chi connectivity index (χ0) is 13.7. The number of hydrogen-bond acceptors (Lipinski definition) is 4. The van der Waals surface area contributed by atoms with Crippen molar-refractivity contribution in [3.05, 3.63) is 16.9 Å². The molecule has 2 rings (SSSR count). The van der Waals surface area contributed by atoms with Crippen molar-refractivity contribution in [2.75, 3.05) is 12.4 Å². The number of nitrogens with one attached hydrogen (secondary N) is 2. The number of amides is 1. The minimum Gasteiger partial charge on any atom is -0.462 e. The molecule has 1 amide bonds. The molecule has 2 N–H and O–H groups in total. The van der Waals surface area contributed by atoms with Crippen molar-refractivity contribution in [3.8, 4) is 0 Å². The third-order valence-electron chi connectivity index (χ3n) is 3.17. The van der Waals surface area contributed by atoms with Gasteiger partial charge in [-0.1, -0.05) is 6.08 Å². The van der Waals surface area contributed by atoms with Gasteiger partial charge in [0.2, 0.25) is 5.91 Å². The molecule has 1 heterocycles. The maximum atomic E-state index is 11.2. The SMILES string of the molecule is CNC(=O)CCC(C=O)Nc1coc2c1=CCCC=2. The molecule has 1 aromatic rings. The average molecular weight is 262 g/mol. The molecule has 1 atom stereocenters. The second-order valence-corrected chi connectivity index (χ2v) is 4.51. The van der Waals surface area contributed by atoms with Gasteiger partial charge in [-0.3, -0.25) is 4.79 Å². The molecule has 1 aromatic heterocycles. The highest BCUT2D eigenvalue weighted by Crippen LogP contribution is 2.06. The van der Waals surface area contributed by atoms with Crippen LogP contribution < -0.4 is 21.3 Å². The highest BCUT2D eigenvalue weighted by Gasteiger charge is 2.12. The number of hydrogen-bond donors (Lipinski definition) is 2. The Bertz CT molecular complexity index is 574. The molecular weight excluding hydrogens is 244 g/mol. The van der Waals surface area contributed by atoms with E-state index in [2.05, 4.69) is 16.7 Å². The monoisotopic (exact) mass is 262 g/mol. The minimum absolute atomic E-state index is 0.0669. The van der Waals surface area contributed by atoms with E-state index in [1.807, 2.05) is 6.08 Å². The molecule has 0 aromatic carbocycles. The molecule has 0 bridgehead atoms. The standard InChI is InChI=1S/C14H18N2O3/c1-15-14(18)7-6-10(8-17)16-12-9-19-13-5-3-2-4-11(12)13/h4-5,8-10,16H,2-3,6-7H2,1H3,(H,15,18). The van der Waals surface area contributed by atoms with E-state index in [9.17, 15) is 9.59 Å². The molecule has 102 valence electrons. The number of carbonyl (C=O) groups is 2. The summed E-state index contributed by atoms with van der Waals surface area (Å²) in [6, 6.07) is -0.380. The van der Waals surface area contributed by atoms with E-state index in [1.165, 1.54) is 0 Å². The predicted octanol–water partition coefficient (Wildman–Crippen LogP) is 0.140. The van der Waals surface area contributed by atoms with Crippen molar-refractivity contribution in [3.63, 3.8) is 0 Å². The van der Waals surface area contributed by atoms with Crippen LogP contribution in [0.15, 0.2) is 10.7 Å². The van der Waals surface area contributed by atoms with Gasteiger partial charge in [-0.05, 0) is 25.3 Å². The third kappa shape index (κ3) is 3.24. The Hall–Kier alpha value is -2.04. The van der Waals surface area contributed by atoms with Crippen LogP contribution in [0.1, 0.15) is 25.7 Å². The van der Waals surface area contributed by atoms with Gasteiger partial charge in [-0.15, -0.1) is 0 Å². The van der Waals surface area contributed by atoms with E-state index in [-0.39, 0.29) is 11.9 Å². The molecule has 19 heavy (non-hydrogen) atoms. The van der Waals surface area contributed by atoms with E-state index in [4.69, 9.17) is 4.42 Å². The quantitative estimate of drug-likeness (QED) is 0.715. The molecule has 0 radical (unpaired) electrons. The lowest BCUT2D eigenvalue weighted by atomic mass is 10.1. The van der Waals surface area contributed by atoms with Crippen molar-refractivity contribution < 1.29 is 14.0 Å². The molecule has 5 heteroatoms. The van der Waals surface area contributed by atoms with Crippen molar-refractivity contribution >= 4 is 30.0 Å². The van der Waals surface area contributed by atoms with E-state index in [1.54, 1.807) is 13.3 Å². The number of fused-ring (bicyclic) bond motifs is 1. The summed E-state index contributed by atoms with van der Waals surface area (Å²) in [5, 5.41) is 6.68. The van der Waals surface area contributed by atoms with Crippen molar-refractivity contribution in [2.45, 2.75) is 31.7 Å². The molecule has 1 aliphatic carbocycles. The Morgan fingerprint density at radius 3 is 3.00 bits per heavy atom. The van der Waals surface area contributed by atoms with Crippen LogP contribution in [0, 0.1) is 0 Å². The van der Waals surface area contributed by atoms with Gasteiger partial charge < -0.3 is 19.8 Å². The van der Waals surface area contributed by atoms with Crippen LogP contribution in [0.2, 0.25) is 0 Å². The highest BCUT2D eigenvalue weighted by molar-refractivity contribution is 5.76. The summed E-state index contributed by atoms with van der Waals surface area (Å²) >= 11 is 0. The molecule has 0 fully saturated rings. The molecule has 1 unspecified atom stereocenters. The fourth-order valence-electron chi connectivity index (χ4n) is 2.09. The second-order valence-electron chi connectivity index (χ2n) is 4.51. The third-order valence-corrected chi connectivity index (χ3v) is 3.17. The Labute approximate surface area is 111 Å². The first kappa shape index (κ1) is 13.4. The van der Waals surface area contributed by atoms with Crippen molar-refractivity contribution in [2.24, 2.45) is 0 Å². The Morgan fingerprint density at radius 2 is 2.26 bits per heavy atom. The van der Waals surface area contributed by atoms with Crippen LogP contribution >= 0.6 is 0 Å². The zero-order valence-corrected chi connectivity index (χ0v) is 10.9. The summed E-state index contributed by atoms with van der Waals surface area (Å²) in [4.78, 5) is 22.2. The molecule has 0 saturated heterocycles. The Kier molecular flexibility index (Phi) is 4.39. The maximum Gasteiger partial charge on any atom is 0.219 e. The van der Waals surface area contributed by atoms with Gasteiger partial charge in [0.15, 0.2) is 0 Å². The van der Waals surface area contributed by atoms with Crippen LogP contribution in [0.5, 0.6) is 0 Å². The number of anilines is 1. The van der Waals surface area contributed by atoms with E-state index in [0.29, 0.717) is 12.8 Å². The lowest BCUT2D eigenvalue weighted by Gasteiger charge is -2.12. The first-order chi connectivity index (χ1) is 9.24. The van der Waals surface area contributed by atoms with E-state index in [0.717, 1.165) is 35.4 Å². The number of carbonyl (C=O) groups excluding carboxylic acids is 2. The molecular formula is C14H18N2O3. The van der Waals surface area contributed by atoms with Crippen molar-refractivity contribution in [1.29, 1.82) is 0 Å². The summed E-state index contributed by atoms with van der Waals surface area (Å²) in [6.45, 7) is 0. The van der Waals surface area contributed by atoms with Crippen LogP contribution in [0.4, 0.5) is 5.69 Å². The first-order valence-electron chi connectivity index (χ1n) is 6.45. The maximum absolute atomic E-state index is 11.2. The Balaban J connectivity index is 2.05. The summed E-state index contributed by atoms with van der Waals surface area (Å²) < 4.78 is 5.43. The van der Waals surface area contributed by atoms with Gasteiger partial charge in [0.1, 0.15) is 18.0 Å². The zero-order valence-electron chi connectivity index (χ0n) is 10.9. The predicted molar refractivity (Wildman–Crippen MR) is 72.9 cm³/mol. The smallest absolute Gasteiger partial charge is 0.219 e. The summed E-state index contributed by atoms with van der Waals surface area (Å²) in [7, 11) is 1.59. The summed E-state index contributed by atoms with van der Waals surface area (Å²) in [6.07, 6.45) is 9.34. The fraction of sp³-hybridized carbons (Fsp3) is 0.429. The lowest BCUT2D eigenvalue weighted by molar-refractivity contribution is -0.120. The summed E-state index contributed by atoms with van der Waals surface area (Å²) in [5.74, 6) is -0.0669. The van der Waals surface area contributed by atoms with Gasteiger partial charge in [0.05, 0.1) is 11.7 Å². The second kappa shape index (κ2) is 6.22. The lowest BCUT2D eigenvalue weighted by Crippen LogP contribution is -2.30. The summed E-state index contributed by atoms with van der Waals surface area (Å²) in [5.41, 5.74) is 1.67. The Morgan fingerprint density at radius 1 is 1.47 bits per heavy atom. The number of aldehydes is 1. The first-order valence-corrected chi connectivity index (χ1v) is 6.45. The molecule has 5 nitrogen and oxygen atoms in total. The van der Waals surface area contributed by atoms with Crippen LogP contribution in [-0.4, -0.2) is 25.3 Å². The molecule has 0 saturated carbocycles. The normalized spacial score (nSPS) is 14.6. The fourth-order valence-corrected chi connectivity index (χ4v) is 2.09. The molecule has 0 spiro atoms. The van der Waals surface area contributed by atoms with Gasteiger partial charge in [0, 0.05) is 18.7 Å². The van der Waals surface area contributed by atoms with E-state index >= 15 is 0 Å². The molecule has 1 aliphatic rings. The van der Waals surface area contributed by atoms with E-state index < -0.39 is 0 Å². The number of rotatable bonds is 6. The van der Waals surface area contributed by atoms with Crippen LogP contribution in [0.25, 0.3) is 12.2 Å². The van der Waals surface area contributed by atoms with Crippen LogP contribution in [-0.2, 0) is 9.59 Å².